The van der Waals surface area contributed by atoms with Gasteiger partial charge in [0.15, 0.2) is 0 Å². The van der Waals surface area contributed by atoms with Gasteiger partial charge in [-0.1, -0.05) is 80.9 Å². The number of carbonyl (C=O) groups is 3. The van der Waals surface area contributed by atoms with E-state index in [1.54, 1.807) is 13.8 Å². The second-order valence-corrected chi connectivity index (χ2v) is 12.1. The van der Waals surface area contributed by atoms with Gasteiger partial charge in [-0.05, 0) is 36.3 Å². The van der Waals surface area contributed by atoms with Crippen LogP contribution in [0.5, 0.6) is 0 Å². The van der Waals surface area contributed by atoms with Crippen LogP contribution in [-0.4, -0.2) is 46.5 Å². The highest BCUT2D eigenvalue weighted by Gasteiger charge is 2.38. The molecule has 0 aliphatic rings. The average Bonchev–Trinajstić information content (AvgIpc) is 2.89. The molecule has 4 N–H and O–H groups in total. The summed E-state index contributed by atoms with van der Waals surface area (Å²) in [4.78, 5) is 47.0. The molecule has 0 spiro atoms. The van der Waals surface area contributed by atoms with Crippen LogP contribution in [0.15, 0.2) is 60.7 Å². The molecule has 0 fully saturated rings. The number of alkyl carbamates (subject to hydrolysis) is 1. The zero-order chi connectivity index (χ0) is 28.0. The normalized spacial score (nSPS) is 14.2. The monoisotopic (exact) mass is 546 g/mol. The van der Waals surface area contributed by atoms with Gasteiger partial charge in [-0.3, -0.25) is 14.2 Å². The average molecular weight is 547 g/mol. The first-order valence-corrected chi connectivity index (χ1v) is 14.8. The number of benzene rings is 2. The van der Waals surface area contributed by atoms with Gasteiger partial charge in [-0.15, -0.1) is 0 Å². The van der Waals surface area contributed by atoms with E-state index < -0.39 is 37.3 Å². The number of aryl methyl sites for hydroxylation is 1. The Balaban J connectivity index is 1.79. The minimum absolute atomic E-state index is 0.152. The maximum atomic E-state index is 13.3. The molecular formula is C28H39N2O7P. The van der Waals surface area contributed by atoms with Crippen molar-refractivity contribution >= 4 is 25.3 Å². The lowest BCUT2D eigenvalue weighted by molar-refractivity contribution is -0.141. The first-order valence-electron chi connectivity index (χ1n) is 12.9. The third kappa shape index (κ3) is 11.5. The number of rotatable bonds is 16. The largest absolute Gasteiger partial charge is 0.481 e. The Morgan fingerprint density at radius 1 is 0.947 bits per heavy atom. The zero-order valence-corrected chi connectivity index (χ0v) is 22.9. The van der Waals surface area contributed by atoms with E-state index in [2.05, 4.69) is 10.6 Å². The van der Waals surface area contributed by atoms with Gasteiger partial charge in [-0.2, -0.15) is 0 Å². The number of nitrogens with one attached hydrogen (secondary N) is 2. The van der Waals surface area contributed by atoms with Crippen LogP contribution >= 0.6 is 7.37 Å². The molecule has 0 radical (unpaired) electrons. The van der Waals surface area contributed by atoms with Crippen LogP contribution in [0.4, 0.5) is 4.79 Å². The first kappa shape index (κ1) is 31.1. The number of hydrogen-bond acceptors (Lipinski definition) is 5. The lowest BCUT2D eigenvalue weighted by atomic mass is 10.0. The highest BCUT2D eigenvalue weighted by atomic mass is 31.2. The fraction of sp³-hybridized carbons (Fsp3) is 0.464. The molecule has 10 heteroatoms. The number of aliphatic carboxylic acids is 1. The van der Waals surface area contributed by atoms with Crippen LogP contribution in [0.25, 0.3) is 0 Å². The molecule has 0 heterocycles. The molecule has 2 amide bonds. The molecule has 0 saturated heterocycles. The number of carbonyl (C=O) groups excluding carboxylic acids is 2. The van der Waals surface area contributed by atoms with E-state index in [0.717, 1.165) is 11.1 Å². The number of carboxylic acid groups (broad SMARTS) is 1. The Hall–Kier alpha value is -3.16. The number of ether oxygens (including phenoxy) is 1. The Kier molecular flexibility index (Phi) is 13.0. The molecule has 0 aliphatic carbocycles. The highest BCUT2D eigenvalue weighted by molar-refractivity contribution is 7.58. The maximum Gasteiger partial charge on any atom is 0.407 e. The van der Waals surface area contributed by atoms with E-state index in [1.165, 1.54) is 0 Å². The third-order valence-corrected chi connectivity index (χ3v) is 8.71. The SMILES string of the molecule is CC(C)C(NC(=O)CCc1ccccc1)P(=O)(O)CC(CCCCNC(=O)OCc1ccccc1)C(=O)O. The second-order valence-electron chi connectivity index (χ2n) is 9.70. The van der Waals surface area contributed by atoms with E-state index in [0.29, 0.717) is 25.8 Å². The summed E-state index contributed by atoms with van der Waals surface area (Å²) in [5.41, 5.74) is 1.85. The van der Waals surface area contributed by atoms with Gasteiger partial charge >= 0.3 is 12.1 Å². The number of amides is 2. The maximum absolute atomic E-state index is 13.3. The summed E-state index contributed by atoms with van der Waals surface area (Å²) in [5, 5.41) is 15.0. The summed E-state index contributed by atoms with van der Waals surface area (Å²) in [6.07, 6.45) is 0.764. The molecule has 3 atom stereocenters. The van der Waals surface area contributed by atoms with E-state index in [1.807, 2.05) is 60.7 Å². The van der Waals surface area contributed by atoms with Crippen molar-refractivity contribution in [3.63, 3.8) is 0 Å². The summed E-state index contributed by atoms with van der Waals surface area (Å²) in [7, 11) is -4.03. The van der Waals surface area contributed by atoms with Gasteiger partial charge in [0.1, 0.15) is 12.4 Å². The Morgan fingerprint density at radius 3 is 2.13 bits per heavy atom. The van der Waals surface area contributed by atoms with Gasteiger partial charge in [0.2, 0.25) is 13.3 Å². The standard InChI is InChI=1S/C28H39N2O7P/c1-21(2)26(30-25(31)17-16-22-11-5-3-6-12-22)38(35,36)20-24(27(32)33)15-9-10-18-29-28(34)37-19-23-13-7-4-8-14-23/h3-8,11-14,21,24,26H,9-10,15-20H2,1-2H3,(H,29,34)(H,30,31)(H,32,33)(H,35,36). The predicted molar refractivity (Wildman–Crippen MR) is 146 cm³/mol. The topological polar surface area (TPSA) is 142 Å². The highest BCUT2D eigenvalue weighted by Crippen LogP contribution is 2.50. The van der Waals surface area contributed by atoms with Crippen molar-refractivity contribution in [3.8, 4) is 0 Å². The Labute approximate surface area is 224 Å². The molecule has 208 valence electrons. The van der Waals surface area contributed by atoms with Gasteiger partial charge in [-0.25, -0.2) is 4.79 Å². The second kappa shape index (κ2) is 15.9. The first-order chi connectivity index (χ1) is 18.1. The van der Waals surface area contributed by atoms with Crippen molar-refractivity contribution in [1.82, 2.24) is 10.6 Å². The number of hydrogen-bond donors (Lipinski definition) is 4. The summed E-state index contributed by atoms with van der Waals surface area (Å²) in [5.74, 6) is -3.94. The smallest absolute Gasteiger partial charge is 0.407 e. The van der Waals surface area contributed by atoms with Gasteiger partial charge in [0, 0.05) is 19.1 Å². The van der Waals surface area contributed by atoms with Crippen LogP contribution in [0.3, 0.4) is 0 Å². The third-order valence-electron chi connectivity index (χ3n) is 6.15. The van der Waals surface area contributed by atoms with Crippen molar-refractivity contribution in [2.75, 3.05) is 12.7 Å². The quantitative estimate of drug-likeness (QED) is 0.175. The lowest BCUT2D eigenvalue weighted by Crippen LogP contribution is -2.40. The van der Waals surface area contributed by atoms with Crippen molar-refractivity contribution in [3.05, 3.63) is 71.8 Å². The molecule has 3 unspecified atom stereocenters. The van der Waals surface area contributed by atoms with E-state index in [-0.39, 0.29) is 31.3 Å². The van der Waals surface area contributed by atoms with Crippen LogP contribution in [0.2, 0.25) is 0 Å². The minimum atomic E-state index is -4.03. The van der Waals surface area contributed by atoms with Crippen LogP contribution in [-0.2, 0) is 31.9 Å². The van der Waals surface area contributed by atoms with Gasteiger partial charge in [0.05, 0.1) is 5.92 Å². The van der Waals surface area contributed by atoms with Crippen LogP contribution < -0.4 is 10.6 Å². The molecule has 2 aromatic carbocycles. The van der Waals surface area contributed by atoms with Crippen molar-refractivity contribution in [2.24, 2.45) is 11.8 Å². The molecule has 9 nitrogen and oxygen atoms in total. The number of unbranched alkanes of at least 4 members (excludes halogenated alkanes) is 1. The fourth-order valence-corrected chi connectivity index (χ4v) is 6.55. The molecule has 0 aromatic heterocycles. The summed E-state index contributed by atoms with van der Waals surface area (Å²) < 4.78 is 18.4. The van der Waals surface area contributed by atoms with Crippen molar-refractivity contribution in [1.29, 1.82) is 0 Å². The van der Waals surface area contributed by atoms with Crippen LogP contribution in [0, 0.1) is 11.8 Å². The molecule has 38 heavy (non-hydrogen) atoms. The molecule has 2 aromatic rings. The van der Waals surface area contributed by atoms with Crippen molar-refractivity contribution in [2.45, 2.75) is 58.3 Å². The number of carboxylic acids is 1. The Bertz CT molecular complexity index is 1060. The van der Waals surface area contributed by atoms with Crippen LogP contribution in [0.1, 0.15) is 50.7 Å². The van der Waals surface area contributed by atoms with E-state index in [4.69, 9.17) is 4.74 Å². The molecule has 0 saturated carbocycles. The lowest BCUT2D eigenvalue weighted by Gasteiger charge is -2.29. The molecule has 0 bridgehead atoms. The van der Waals surface area contributed by atoms with Gasteiger partial charge < -0.3 is 25.4 Å². The van der Waals surface area contributed by atoms with E-state index >= 15 is 0 Å². The summed E-state index contributed by atoms with van der Waals surface area (Å²) >= 11 is 0. The predicted octanol–water partition coefficient (Wildman–Crippen LogP) is 4.79. The molecule has 0 aliphatic heterocycles. The van der Waals surface area contributed by atoms with E-state index in [9.17, 15) is 28.9 Å². The summed E-state index contributed by atoms with van der Waals surface area (Å²) in [6.45, 7) is 3.90. The van der Waals surface area contributed by atoms with Gasteiger partial charge in [0.25, 0.3) is 0 Å². The minimum Gasteiger partial charge on any atom is -0.481 e. The molecule has 2 rings (SSSR count). The van der Waals surface area contributed by atoms with Crippen molar-refractivity contribution < 1.29 is 33.7 Å². The Morgan fingerprint density at radius 2 is 1.55 bits per heavy atom. The molecular weight excluding hydrogens is 507 g/mol. The summed E-state index contributed by atoms with van der Waals surface area (Å²) in [6, 6.07) is 18.7. The zero-order valence-electron chi connectivity index (χ0n) is 22.0. The fourth-order valence-electron chi connectivity index (χ4n) is 4.08.